The summed E-state index contributed by atoms with van der Waals surface area (Å²) in [5, 5.41) is 26.8. The van der Waals surface area contributed by atoms with Crippen LogP contribution in [0, 0.1) is 0 Å². The summed E-state index contributed by atoms with van der Waals surface area (Å²) in [5.41, 5.74) is 0. The molecule has 2 unspecified atom stereocenters. The molecule has 1 rings (SSSR count). The van der Waals surface area contributed by atoms with Crippen molar-refractivity contribution in [1.29, 1.82) is 0 Å². The lowest BCUT2D eigenvalue weighted by Crippen LogP contribution is -2.33. The van der Waals surface area contributed by atoms with E-state index in [0.717, 1.165) is 0 Å². The van der Waals surface area contributed by atoms with Crippen molar-refractivity contribution in [2.45, 2.75) is 31.3 Å². The molecule has 60 valence electrons. The van der Waals surface area contributed by atoms with E-state index in [1.54, 1.807) is 6.92 Å². The molecule has 0 spiro atoms. The van der Waals surface area contributed by atoms with Crippen molar-refractivity contribution in [3.63, 3.8) is 0 Å². The fourth-order valence-electron chi connectivity index (χ4n) is 1.09. The zero-order valence-electron chi connectivity index (χ0n) is 5.77. The monoisotopic (exact) mass is 148 g/mol. The highest BCUT2D eigenvalue weighted by atomic mass is 16.5. The van der Waals surface area contributed by atoms with Gasteiger partial charge in [0.1, 0.15) is 18.3 Å². The van der Waals surface area contributed by atoms with E-state index in [1.807, 2.05) is 0 Å². The first-order valence-corrected chi connectivity index (χ1v) is 3.29. The van der Waals surface area contributed by atoms with Gasteiger partial charge in [-0.3, -0.25) is 0 Å². The second kappa shape index (κ2) is 2.84. The van der Waals surface area contributed by atoms with Crippen molar-refractivity contribution in [3.8, 4) is 0 Å². The van der Waals surface area contributed by atoms with Gasteiger partial charge in [-0.15, -0.1) is 0 Å². The Morgan fingerprint density at radius 3 is 2.10 bits per heavy atom. The lowest BCUT2D eigenvalue weighted by molar-refractivity contribution is -0.0171. The minimum Gasteiger partial charge on any atom is -0.394 e. The molecule has 0 aromatic carbocycles. The van der Waals surface area contributed by atoms with E-state index < -0.39 is 18.3 Å². The number of aliphatic hydroxyl groups excluding tert-OH is 3. The van der Waals surface area contributed by atoms with Crippen LogP contribution >= 0.6 is 0 Å². The molecule has 0 aromatic heterocycles. The summed E-state index contributed by atoms with van der Waals surface area (Å²) in [7, 11) is 0. The number of rotatable bonds is 1. The topological polar surface area (TPSA) is 69.9 Å². The molecule has 1 heterocycles. The minimum absolute atomic E-state index is 0.247. The first kappa shape index (κ1) is 7.94. The van der Waals surface area contributed by atoms with E-state index in [2.05, 4.69) is 0 Å². The van der Waals surface area contributed by atoms with Crippen LogP contribution in [0.4, 0.5) is 0 Å². The van der Waals surface area contributed by atoms with Crippen LogP contribution in [0.3, 0.4) is 0 Å². The Labute approximate surface area is 59.1 Å². The van der Waals surface area contributed by atoms with Crippen LogP contribution < -0.4 is 0 Å². The molecule has 4 atom stereocenters. The maximum atomic E-state index is 9.09. The standard InChI is InChI=1S/C6H12O4/c1-3-5(8)6(9)4(2-7)10-3/h3-9H,2H2,1H3/t3?,4-,5+,6?/m1/s1. The maximum absolute atomic E-state index is 9.09. The third-order valence-corrected chi connectivity index (χ3v) is 1.78. The van der Waals surface area contributed by atoms with Gasteiger partial charge in [0, 0.05) is 0 Å². The Morgan fingerprint density at radius 2 is 1.90 bits per heavy atom. The Morgan fingerprint density at radius 1 is 1.30 bits per heavy atom. The fourth-order valence-corrected chi connectivity index (χ4v) is 1.09. The predicted molar refractivity (Wildman–Crippen MR) is 33.4 cm³/mol. The minimum atomic E-state index is -0.944. The summed E-state index contributed by atoms with van der Waals surface area (Å²) >= 11 is 0. The smallest absolute Gasteiger partial charge is 0.111 e. The van der Waals surface area contributed by atoms with Crippen LogP contribution in [-0.4, -0.2) is 46.3 Å². The van der Waals surface area contributed by atoms with E-state index in [-0.39, 0.29) is 12.7 Å². The number of hydrogen-bond acceptors (Lipinski definition) is 4. The summed E-state index contributed by atoms with van der Waals surface area (Å²) in [6.45, 7) is 1.41. The molecule has 0 amide bonds. The van der Waals surface area contributed by atoms with Gasteiger partial charge in [-0.1, -0.05) is 0 Å². The van der Waals surface area contributed by atoms with Crippen molar-refractivity contribution in [2.24, 2.45) is 0 Å². The SMILES string of the molecule is CC1O[C@H](CO)C(O)[C@H]1O. The largest absolute Gasteiger partial charge is 0.394 e. The lowest BCUT2D eigenvalue weighted by atomic mass is 10.1. The highest BCUT2D eigenvalue weighted by molar-refractivity contribution is 4.87. The first-order valence-electron chi connectivity index (χ1n) is 3.29. The quantitative estimate of drug-likeness (QED) is 0.422. The molecule has 0 bridgehead atoms. The molecule has 1 aliphatic rings. The molecule has 10 heavy (non-hydrogen) atoms. The normalized spacial score (nSPS) is 48.0. The van der Waals surface area contributed by atoms with Crippen molar-refractivity contribution in [1.82, 2.24) is 0 Å². The molecule has 0 aliphatic carbocycles. The molecule has 3 N–H and O–H groups in total. The van der Waals surface area contributed by atoms with Gasteiger partial charge in [-0.25, -0.2) is 0 Å². The van der Waals surface area contributed by atoms with Crippen LogP contribution in [0.5, 0.6) is 0 Å². The summed E-state index contributed by atoms with van der Waals surface area (Å²) in [6, 6.07) is 0. The third kappa shape index (κ3) is 1.15. The average Bonchev–Trinajstić information content (AvgIpc) is 2.17. The molecular weight excluding hydrogens is 136 g/mol. The Hall–Kier alpha value is -0.160. The van der Waals surface area contributed by atoms with Crippen LogP contribution in [0.15, 0.2) is 0 Å². The van der Waals surface area contributed by atoms with E-state index >= 15 is 0 Å². The Balaban J connectivity index is 2.53. The van der Waals surface area contributed by atoms with Crippen molar-refractivity contribution < 1.29 is 20.1 Å². The summed E-state index contributed by atoms with van der Waals surface area (Å²) < 4.78 is 4.98. The van der Waals surface area contributed by atoms with Gasteiger partial charge in [0.15, 0.2) is 0 Å². The van der Waals surface area contributed by atoms with Crippen molar-refractivity contribution in [2.75, 3.05) is 6.61 Å². The van der Waals surface area contributed by atoms with Gasteiger partial charge >= 0.3 is 0 Å². The zero-order chi connectivity index (χ0) is 7.72. The average molecular weight is 148 g/mol. The van der Waals surface area contributed by atoms with Crippen molar-refractivity contribution >= 4 is 0 Å². The predicted octanol–water partition coefficient (Wildman–Crippen LogP) is -1.51. The third-order valence-electron chi connectivity index (χ3n) is 1.78. The molecule has 0 saturated carbocycles. The van der Waals surface area contributed by atoms with Gasteiger partial charge in [-0.2, -0.15) is 0 Å². The number of aliphatic hydroxyl groups is 3. The van der Waals surface area contributed by atoms with Gasteiger partial charge in [0.25, 0.3) is 0 Å². The second-order valence-electron chi connectivity index (χ2n) is 2.54. The first-order chi connectivity index (χ1) is 4.66. The van der Waals surface area contributed by atoms with Crippen LogP contribution in [0.2, 0.25) is 0 Å². The Bertz CT molecular complexity index is 116. The van der Waals surface area contributed by atoms with E-state index in [1.165, 1.54) is 0 Å². The highest BCUT2D eigenvalue weighted by Crippen LogP contribution is 2.19. The Kier molecular flexibility index (Phi) is 2.25. The molecule has 4 nitrogen and oxygen atoms in total. The molecule has 0 radical (unpaired) electrons. The molecule has 1 fully saturated rings. The van der Waals surface area contributed by atoms with Gasteiger partial charge in [0.05, 0.1) is 12.7 Å². The second-order valence-corrected chi connectivity index (χ2v) is 2.54. The van der Waals surface area contributed by atoms with Crippen LogP contribution in [-0.2, 0) is 4.74 Å². The summed E-state index contributed by atoms with van der Waals surface area (Å²) in [4.78, 5) is 0. The summed E-state index contributed by atoms with van der Waals surface area (Å²) in [6.07, 6.45) is -2.81. The zero-order valence-corrected chi connectivity index (χ0v) is 5.77. The molecule has 1 aliphatic heterocycles. The molecule has 0 aromatic rings. The number of ether oxygens (including phenoxy) is 1. The van der Waals surface area contributed by atoms with Crippen LogP contribution in [0.25, 0.3) is 0 Å². The number of hydrogen-bond donors (Lipinski definition) is 3. The fraction of sp³-hybridized carbons (Fsp3) is 1.00. The van der Waals surface area contributed by atoms with E-state index in [4.69, 9.17) is 20.1 Å². The molecule has 4 heteroatoms. The summed E-state index contributed by atoms with van der Waals surface area (Å²) in [5.74, 6) is 0. The van der Waals surface area contributed by atoms with Crippen molar-refractivity contribution in [3.05, 3.63) is 0 Å². The molecular formula is C6H12O4. The molecule has 1 saturated heterocycles. The van der Waals surface area contributed by atoms with Gasteiger partial charge in [0.2, 0.25) is 0 Å². The lowest BCUT2D eigenvalue weighted by Gasteiger charge is -2.10. The van der Waals surface area contributed by atoms with E-state index in [0.29, 0.717) is 0 Å². The van der Waals surface area contributed by atoms with Gasteiger partial charge < -0.3 is 20.1 Å². The van der Waals surface area contributed by atoms with E-state index in [9.17, 15) is 0 Å². The highest BCUT2D eigenvalue weighted by Gasteiger charge is 2.39. The van der Waals surface area contributed by atoms with Gasteiger partial charge in [-0.05, 0) is 6.92 Å². The maximum Gasteiger partial charge on any atom is 0.111 e. The van der Waals surface area contributed by atoms with Crippen LogP contribution in [0.1, 0.15) is 6.92 Å².